The molecule has 0 saturated carbocycles. The second kappa shape index (κ2) is 8.22. The molecule has 0 aromatic carbocycles. The highest BCUT2D eigenvalue weighted by molar-refractivity contribution is 7.92. The van der Waals surface area contributed by atoms with Crippen LogP contribution in [0.3, 0.4) is 0 Å². The molecule has 1 rings (SSSR count). The maximum atomic E-state index is 11.9. The molecule has 0 saturated heterocycles. The molecule has 0 aliphatic heterocycles. The third-order valence-electron chi connectivity index (χ3n) is 3.62. The van der Waals surface area contributed by atoms with Gasteiger partial charge in [0.2, 0.25) is 5.76 Å². The lowest BCUT2D eigenvalue weighted by atomic mass is 9.98. The average molecular weight is 345 g/mol. The Morgan fingerprint density at radius 2 is 2.22 bits per heavy atom. The van der Waals surface area contributed by atoms with Crippen LogP contribution in [0.4, 0.5) is 4.39 Å². The number of carbonyl (C=O) groups is 1. The van der Waals surface area contributed by atoms with E-state index in [0.717, 1.165) is 6.26 Å². The van der Waals surface area contributed by atoms with Gasteiger partial charge in [-0.2, -0.15) is 0 Å². The summed E-state index contributed by atoms with van der Waals surface area (Å²) >= 11 is 0. The molecule has 0 aliphatic rings. The lowest BCUT2D eigenvalue weighted by Gasteiger charge is -2.24. The number of nitrogens with zero attached hydrogens (tertiary/aromatic N) is 1. The molecular formula is C15H20FNO5S. The van der Waals surface area contributed by atoms with Crippen molar-refractivity contribution in [2.75, 3.05) is 19.5 Å². The molecular weight excluding hydrogens is 325 g/mol. The minimum atomic E-state index is -3.69. The van der Waals surface area contributed by atoms with Crippen molar-refractivity contribution in [2.45, 2.75) is 37.4 Å². The second-order valence-corrected chi connectivity index (χ2v) is 7.81. The number of hydrogen-bond donors (Lipinski definition) is 1. The molecule has 0 aliphatic carbocycles. The van der Waals surface area contributed by atoms with Gasteiger partial charge in [-0.25, -0.2) is 8.42 Å². The number of Topliss-reactive ketones (excluding diaryl/α,β-unsaturated/α-hetero) is 1. The number of aliphatic hydroxyl groups excluding tert-OH is 1. The first-order valence-electron chi connectivity index (χ1n) is 7.09. The summed E-state index contributed by atoms with van der Waals surface area (Å²) in [6, 6.07) is 1.55. The molecule has 0 amide bonds. The molecule has 0 spiro atoms. The van der Waals surface area contributed by atoms with E-state index < -0.39 is 33.6 Å². The molecule has 0 fully saturated rings. The van der Waals surface area contributed by atoms with Crippen molar-refractivity contribution in [3.63, 3.8) is 0 Å². The number of rotatable bonds is 8. The number of carbonyl (C=O) groups excluding carboxylic acids is 1. The summed E-state index contributed by atoms with van der Waals surface area (Å²) in [5, 5.41) is 12.7. The molecule has 1 aromatic heterocycles. The Balaban J connectivity index is 2.78. The Bertz CT molecular complexity index is 701. The number of aliphatic hydroxyl groups is 1. The van der Waals surface area contributed by atoms with Crippen molar-refractivity contribution in [3.05, 3.63) is 17.5 Å². The fourth-order valence-electron chi connectivity index (χ4n) is 1.86. The number of sulfone groups is 1. The Kier molecular flexibility index (Phi) is 6.91. The van der Waals surface area contributed by atoms with Crippen LogP contribution in [0.25, 0.3) is 0 Å². The zero-order valence-corrected chi connectivity index (χ0v) is 14.0. The summed E-state index contributed by atoms with van der Waals surface area (Å²) in [6.07, 6.45) is 1.89. The summed E-state index contributed by atoms with van der Waals surface area (Å²) in [5.74, 6) is 4.97. The smallest absolute Gasteiger partial charge is 0.209 e. The first-order chi connectivity index (χ1) is 10.7. The maximum Gasteiger partial charge on any atom is 0.209 e. The zero-order valence-electron chi connectivity index (χ0n) is 13.1. The van der Waals surface area contributed by atoms with Crippen molar-refractivity contribution in [1.82, 2.24) is 5.16 Å². The van der Waals surface area contributed by atoms with Gasteiger partial charge in [-0.05, 0) is 32.1 Å². The van der Waals surface area contributed by atoms with Crippen molar-refractivity contribution in [1.29, 1.82) is 0 Å². The van der Waals surface area contributed by atoms with E-state index >= 15 is 0 Å². The normalized spacial score (nSPS) is 13.9. The molecule has 128 valence electrons. The highest BCUT2D eigenvalue weighted by Gasteiger charge is 2.42. The van der Waals surface area contributed by atoms with Gasteiger partial charge in [-0.3, -0.25) is 9.18 Å². The quantitative estimate of drug-likeness (QED) is 0.559. The van der Waals surface area contributed by atoms with Crippen molar-refractivity contribution >= 4 is 15.6 Å². The van der Waals surface area contributed by atoms with Crippen molar-refractivity contribution in [3.8, 4) is 11.8 Å². The highest BCUT2D eigenvalue weighted by Crippen LogP contribution is 2.24. The van der Waals surface area contributed by atoms with Gasteiger partial charge < -0.3 is 9.63 Å². The maximum absolute atomic E-state index is 11.9. The van der Waals surface area contributed by atoms with Gasteiger partial charge in [0.05, 0.1) is 12.4 Å². The number of alkyl halides is 1. The topological polar surface area (TPSA) is 97.5 Å². The predicted molar refractivity (Wildman–Crippen MR) is 82.3 cm³/mol. The number of aromatic nitrogens is 1. The Morgan fingerprint density at radius 1 is 1.52 bits per heavy atom. The fraction of sp³-hybridized carbons (Fsp3) is 0.600. The molecule has 1 aromatic rings. The third kappa shape index (κ3) is 5.15. The number of aryl methyl sites for hydroxylation is 1. The van der Waals surface area contributed by atoms with Crippen LogP contribution in [0.5, 0.6) is 0 Å². The Morgan fingerprint density at radius 3 is 2.78 bits per heavy atom. The number of hydrogen-bond acceptors (Lipinski definition) is 6. The van der Waals surface area contributed by atoms with E-state index in [1.54, 1.807) is 6.07 Å². The SMILES string of the molecule is C[C@@](CCc1cc(C#CCCCF)on1)(C(=O)CO)S(C)(=O)=O. The molecule has 0 radical (unpaired) electrons. The monoisotopic (exact) mass is 345 g/mol. The summed E-state index contributed by atoms with van der Waals surface area (Å²) in [7, 11) is -3.69. The minimum Gasteiger partial charge on any atom is -0.389 e. The molecule has 6 nitrogen and oxygen atoms in total. The van der Waals surface area contributed by atoms with Gasteiger partial charge in [0.15, 0.2) is 15.6 Å². The van der Waals surface area contributed by atoms with E-state index in [1.807, 2.05) is 0 Å². The summed E-state index contributed by atoms with van der Waals surface area (Å²) in [5.41, 5.74) is 0.459. The summed E-state index contributed by atoms with van der Waals surface area (Å²) in [6.45, 7) is 0.0195. The van der Waals surface area contributed by atoms with Crippen molar-refractivity contribution in [2.24, 2.45) is 0 Å². The average Bonchev–Trinajstić information content (AvgIpc) is 2.95. The van der Waals surface area contributed by atoms with Gasteiger partial charge in [0, 0.05) is 18.7 Å². The number of ketones is 1. The van der Waals surface area contributed by atoms with Gasteiger partial charge in [-0.1, -0.05) is 11.1 Å². The van der Waals surface area contributed by atoms with E-state index in [2.05, 4.69) is 17.0 Å². The van der Waals surface area contributed by atoms with Gasteiger partial charge in [0.1, 0.15) is 11.4 Å². The van der Waals surface area contributed by atoms with Gasteiger partial charge >= 0.3 is 0 Å². The van der Waals surface area contributed by atoms with Crippen LogP contribution in [0, 0.1) is 11.8 Å². The molecule has 1 atom stereocenters. The molecule has 1 N–H and O–H groups in total. The molecule has 1 heterocycles. The van der Waals surface area contributed by atoms with Gasteiger partial charge in [0.25, 0.3) is 0 Å². The largest absolute Gasteiger partial charge is 0.389 e. The number of unbranched alkanes of at least 4 members (excludes halogenated alkanes) is 1. The lowest BCUT2D eigenvalue weighted by molar-refractivity contribution is -0.124. The van der Waals surface area contributed by atoms with E-state index in [9.17, 15) is 17.6 Å². The minimum absolute atomic E-state index is 0.0213. The van der Waals surface area contributed by atoms with Crippen LogP contribution in [0.2, 0.25) is 0 Å². The van der Waals surface area contributed by atoms with E-state index in [0.29, 0.717) is 24.3 Å². The first-order valence-corrected chi connectivity index (χ1v) is 8.98. The van der Waals surface area contributed by atoms with E-state index in [-0.39, 0.29) is 12.8 Å². The van der Waals surface area contributed by atoms with Crippen LogP contribution in [-0.4, -0.2) is 48.7 Å². The predicted octanol–water partition coefficient (Wildman–Crippen LogP) is 1.07. The van der Waals surface area contributed by atoms with Crippen LogP contribution in [0.1, 0.15) is 37.6 Å². The second-order valence-electron chi connectivity index (χ2n) is 5.36. The lowest BCUT2D eigenvalue weighted by Crippen LogP contribution is -2.45. The molecule has 8 heteroatoms. The van der Waals surface area contributed by atoms with Crippen LogP contribution < -0.4 is 0 Å². The molecule has 0 bridgehead atoms. The summed E-state index contributed by atoms with van der Waals surface area (Å²) in [4.78, 5) is 11.8. The molecule has 0 unspecified atom stereocenters. The Hall–Kier alpha value is -1.72. The highest BCUT2D eigenvalue weighted by atomic mass is 32.2. The molecule has 23 heavy (non-hydrogen) atoms. The van der Waals surface area contributed by atoms with E-state index in [1.165, 1.54) is 6.92 Å². The van der Waals surface area contributed by atoms with Crippen LogP contribution in [-0.2, 0) is 21.1 Å². The first kappa shape index (κ1) is 19.3. The zero-order chi connectivity index (χ0) is 17.5. The summed E-state index contributed by atoms with van der Waals surface area (Å²) < 4.78 is 38.9. The fourth-order valence-corrected chi connectivity index (χ4v) is 2.81. The Labute approximate surface area is 135 Å². The van der Waals surface area contributed by atoms with E-state index in [4.69, 9.17) is 9.63 Å². The van der Waals surface area contributed by atoms with Crippen LogP contribution in [0.15, 0.2) is 10.6 Å². The van der Waals surface area contributed by atoms with Gasteiger partial charge in [-0.15, -0.1) is 0 Å². The van der Waals surface area contributed by atoms with Crippen molar-refractivity contribution < 1.29 is 27.2 Å². The number of halogens is 1. The standard InChI is InChI=1S/C15H20FNO5S/c1-15(14(19)11-18,23(2,20)21)8-7-12-10-13(22-17-12)6-4-3-5-9-16/h10,18H,3,5,7-9,11H2,1-2H3/t15-/m1/s1. The van der Waals surface area contributed by atoms with Crippen LogP contribution >= 0.6 is 0 Å². The third-order valence-corrected chi connectivity index (χ3v) is 5.68.